The number of rotatable bonds is 2. The Hall–Kier alpha value is -1.33. The molecule has 2 unspecified atom stereocenters. The lowest BCUT2D eigenvalue weighted by Gasteiger charge is -2.38. The molecule has 2 rings (SSSR count). The first-order chi connectivity index (χ1) is 9.02. The van der Waals surface area contributed by atoms with Crippen molar-refractivity contribution in [2.24, 2.45) is 0 Å². The van der Waals surface area contributed by atoms with Crippen LogP contribution < -0.4 is 5.73 Å². The van der Waals surface area contributed by atoms with Crippen LogP contribution in [0.1, 0.15) is 30.6 Å². The Bertz CT molecular complexity index is 481. The molecule has 0 bridgehead atoms. The summed E-state index contributed by atoms with van der Waals surface area (Å²) >= 11 is 5.99. The molecule has 104 valence electrons. The maximum Gasteiger partial charge on any atom is 0.257 e. The van der Waals surface area contributed by atoms with Crippen molar-refractivity contribution in [2.45, 2.75) is 32.4 Å². The Labute approximate surface area is 117 Å². The molecule has 2 atom stereocenters. The van der Waals surface area contributed by atoms with E-state index < -0.39 is 0 Å². The number of pyridine rings is 1. The van der Waals surface area contributed by atoms with Gasteiger partial charge in [-0.25, -0.2) is 4.98 Å². The molecule has 1 aliphatic heterocycles. The minimum atomic E-state index is -0.133. The number of morpholine rings is 1. The number of hydrogen-bond acceptors (Lipinski definition) is 4. The van der Waals surface area contributed by atoms with Gasteiger partial charge in [0.2, 0.25) is 0 Å². The second kappa shape index (κ2) is 5.75. The minimum absolute atomic E-state index is 0.0274. The number of nitrogen functional groups attached to an aromatic ring is 1. The second-order valence-corrected chi connectivity index (χ2v) is 5.13. The predicted octanol–water partition coefficient (Wildman–Crippen LogP) is 1.96. The molecule has 0 saturated carbocycles. The van der Waals surface area contributed by atoms with Gasteiger partial charge < -0.3 is 15.4 Å². The molecule has 2 N–H and O–H groups in total. The standard InChI is InChI=1S/C13H18ClN3O2/c1-3-10-7-19-8(2)6-17(10)13(18)11-4-9(15)5-16-12(11)14/h4-5,8,10H,3,6-7,15H2,1-2H3. The number of hydrogen-bond donors (Lipinski definition) is 1. The van der Waals surface area contributed by atoms with Crippen molar-refractivity contribution in [3.63, 3.8) is 0 Å². The average Bonchev–Trinajstić information content (AvgIpc) is 2.40. The Morgan fingerprint density at radius 3 is 3.11 bits per heavy atom. The molecule has 1 aliphatic rings. The van der Waals surface area contributed by atoms with Gasteiger partial charge in [-0.05, 0) is 19.4 Å². The van der Waals surface area contributed by atoms with E-state index in [1.165, 1.54) is 6.20 Å². The third-order valence-corrected chi connectivity index (χ3v) is 3.59. The number of anilines is 1. The van der Waals surface area contributed by atoms with E-state index in [-0.39, 0.29) is 23.2 Å². The first kappa shape index (κ1) is 14.1. The molecular weight excluding hydrogens is 266 g/mol. The molecule has 6 heteroatoms. The van der Waals surface area contributed by atoms with Crippen molar-refractivity contribution in [2.75, 3.05) is 18.9 Å². The molecule has 1 aromatic rings. The Kier molecular flexibility index (Phi) is 4.27. The van der Waals surface area contributed by atoms with Crippen LogP contribution in [0, 0.1) is 0 Å². The van der Waals surface area contributed by atoms with Crippen molar-refractivity contribution in [1.29, 1.82) is 0 Å². The number of aromatic nitrogens is 1. The first-order valence-electron chi connectivity index (χ1n) is 6.36. The summed E-state index contributed by atoms with van der Waals surface area (Å²) in [5.41, 5.74) is 6.46. The number of halogens is 1. The third kappa shape index (κ3) is 2.98. The van der Waals surface area contributed by atoms with Crippen molar-refractivity contribution in [3.8, 4) is 0 Å². The van der Waals surface area contributed by atoms with Crippen LogP contribution >= 0.6 is 11.6 Å². The van der Waals surface area contributed by atoms with Gasteiger partial charge in [0.15, 0.2) is 0 Å². The van der Waals surface area contributed by atoms with Crippen LogP contribution in [-0.4, -0.2) is 41.1 Å². The van der Waals surface area contributed by atoms with Crippen LogP contribution in [0.4, 0.5) is 5.69 Å². The van der Waals surface area contributed by atoms with E-state index in [1.54, 1.807) is 11.0 Å². The fourth-order valence-corrected chi connectivity index (χ4v) is 2.38. The fraction of sp³-hybridized carbons (Fsp3) is 0.538. The van der Waals surface area contributed by atoms with E-state index in [1.807, 2.05) is 13.8 Å². The van der Waals surface area contributed by atoms with Gasteiger partial charge in [-0.2, -0.15) is 0 Å². The van der Waals surface area contributed by atoms with Crippen LogP contribution in [0.25, 0.3) is 0 Å². The van der Waals surface area contributed by atoms with Gasteiger partial charge in [0.25, 0.3) is 5.91 Å². The Balaban J connectivity index is 2.28. The molecule has 1 saturated heterocycles. The van der Waals surface area contributed by atoms with Gasteiger partial charge in [-0.1, -0.05) is 18.5 Å². The van der Waals surface area contributed by atoms with Gasteiger partial charge in [0.05, 0.1) is 36.2 Å². The van der Waals surface area contributed by atoms with Gasteiger partial charge >= 0.3 is 0 Å². The van der Waals surface area contributed by atoms with Crippen molar-refractivity contribution < 1.29 is 9.53 Å². The molecular formula is C13H18ClN3O2. The third-order valence-electron chi connectivity index (χ3n) is 3.29. The molecule has 1 amide bonds. The number of carbonyl (C=O) groups excluding carboxylic acids is 1. The van der Waals surface area contributed by atoms with Crippen molar-refractivity contribution in [3.05, 3.63) is 23.0 Å². The zero-order valence-corrected chi connectivity index (χ0v) is 11.9. The number of carbonyl (C=O) groups is 1. The fourth-order valence-electron chi connectivity index (χ4n) is 2.20. The maximum absolute atomic E-state index is 12.6. The van der Waals surface area contributed by atoms with E-state index in [4.69, 9.17) is 22.1 Å². The summed E-state index contributed by atoms with van der Waals surface area (Å²) in [5, 5.41) is 0.188. The summed E-state index contributed by atoms with van der Waals surface area (Å²) in [6, 6.07) is 1.64. The van der Waals surface area contributed by atoms with E-state index in [2.05, 4.69) is 4.98 Å². The SMILES string of the molecule is CCC1COC(C)CN1C(=O)c1cc(N)cnc1Cl. The molecule has 1 aromatic heterocycles. The lowest BCUT2D eigenvalue weighted by Crippen LogP contribution is -2.51. The number of nitrogens with two attached hydrogens (primary N) is 1. The Morgan fingerprint density at radius 2 is 2.42 bits per heavy atom. The molecule has 0 aliphatic carbocycles. The van der Waals surface area contributed by atoms with Crippen LogP contribution in [0.3, 0.4) is 0 Å². The van der Waals surface area contributed by atoms with Gasteiger partial charge in [-0.15, -0.1) is 0 Å². The molecule has 0 spiro atoms. The van der Waals surface area contributed by atoms with Gasteiger partial charge in [0.1, 0.15) is 5.15 Å². The van der Waals surface area contributed by atoms with Crippen molar-refractivity contribution >= 4 is 23.2 Å². The summed E-state index contributed by atoms with van der Waals surface area (Å²) in [6.45, 7) is 5.09. The number of nitrogens with zero attached hydrogens (tertiary/aromatic N) is 2. The topological polar surface area (TPSA) is 68.5 Å². The highest BCUT2D eigenvalue weighted by atomic mass is 35.5. The lowest BCUT2D eigenvalue weighted by atomic mass is 10.1. The number of ether oxygens (including phenoxy) is 1. The first-order valence-corrected chi connectivity index (χ1v) is 6.74. The smallest absolute Gasteiger partial charge is 0.257 e. The minimum Gasteiger partial charge on any atom is -0.397 e. The van der Waals surface area contributed by atoms with E-state index in [0.29, 0.717) is 24.4 Å². The normalized spacial score (nSPS) is 23.4. The highest BCUT2D eigenvalue weighted by Gasteiger charge is 2.31. The molecule has 19 heavy (non-hydrogen) atoms. The van der Waals surface area contributed by atoms with Crippen LogP contribution in [0.5, 0.6) is 0 Å². The predicted molar refractivity (Wildman–Crippen MR) is 74.2 cm³/mol. The highest BCUT2D eigenvalue weighted by molar-refractivity contribution is 6.32. The summed E-state index contributed by atoms with van der Waals surface area (Å²) in [4.78, 5) is 18.3. The summed E-state index contributed by atoms with van der Waals surface area (Å²) in [6.07, 6.45) is 2.31. The number of amides is 1. The van der Waals surface area contributed by atoms with Crippen LogP contribution in [0.2, 0.25) is 5.15 Å². The zero-order valence-electron chi connectivity index (χ0n) is 11.1. The Morgan fingerprint density at radius 1 is 1.68 bits per heavy atom. The largest absolute Gasteiger partial charge is 0.397 e. The summed E-state index contributed by atoms with van der Waals surface area (Å²) < 4.78 is 5.58. The molecule has 1 fully saturated rings. The van der Waals surface area contributed by atoms with E-state index in [9.17, 15) is 4.79 Å². The lowest BCUT2D eigenvalue weighted by molar-refractivity contribution is -0.0444. The summed E-state index contributed by atoms with van der Waals surface area (Å²) in [7, 11) is 0. The van der Waals surface area contributed by atoms with Gasteiger partial charge in [-0.3, -0.25) is 4.79 Å². The van der Waals surface area contributed by atoms with E-state index in [0.717, 1.165) is 6.42 Å². The zero-order chi connectivity index (χ0) is 14.0. The molecule has 0 radical (unpaired) electrons. The molecule has 5 nitrogen and oxygen atoms in total. The highest BCUT2D eigenvalue weighted by Crippen LogP contribution is 2.22. The molecule has 0 aromatic carbocycles. The second-order valence-electron chi connectivity index (χ2n) is 4.77. The van der Waals surface area contributed by atoms with E-state index >= 15 is 0 Å². The summed E-state index contributed by atoms with van der Waals surface area (Å²) in [5.74, 6) is -0.133. The maximum atomic E-state index is 12.6. The monoisotopic (exact) mass is 283 g/mol. The molecule has 2 heterocycles. The van der Waals surface area contributed by atoms with Gasteiger partial charge in [0, 0.05) is 6.54 Å². The average molecular weight is 284 g/mol. The van der Waals surface area contributed by atoms with Crippen LogP contribution in [-0.2, 0) is 4.74 Å². The van der Waals surface area contributed by atoms with Crippen LogP contribution in [0.15, 0.2) is 12.3 Å². The van der Waals surface area contributed by atoms with Crippen molar-refractivity contribution in [1.82, 2.24) is 9.88 Å². The quantitative estimate of drug-likeness (QED) is 0.843.